The summed E-state index contributed by atoms with van der Waals surface area (Å²) in [6.07, 6.45) is 3.86. The second-order valence-electron chi connectivity index (χ2n) is 7.90. The first kappa shape index (κ1) is 18.4. The highest BCUT2D eigenvalue weighted by atomic mass is 32.2. The Balaban J connectivity index is 1.38. The molecule has 0 saturated heterocycles. The van der Waals surface area contributed by atoms with Crippen molar-refractivity contribution >= 4 is 21.6 Å². The molecule has 1 aliphatic heterocycles. The van der Waals surface area contributed by atoms with Crippen molar-refractivity contribution in [3.63, 3.8) is 0 Å². The number of fused-ring (bicyclic) bond motifs is 3. The molecule has 154 valence electrons. The number of hydrogen-bond acceptors (Lipinski definition) is 6. The number of amides is 2. The predicted molar refractivity (Wildman–Crippen MR) is 101 cm³/mol. The molecule has 3 aliphatic rings. The maximum atomic E-state index is 14.3. The number of carbonyl (C=O) groups excluding carboxylic acids is 1. The van der Waals surface area contributed by atoms with E-state index in [-0.39, 0.29) is 29.7 Å². The number of aliphatic hydroxyl groups is 1. The van der Waals surface area contributed by atoms with Gasteiger partial charge in [-0.25, -0.2) is 27.6 Å². The Morgan fingerprint density at radius 3 is 2.52 bits per heavy atom. The first-order valence-electron chi connectivity index (χ1n) is 9.30. The number of anilines is 1. The summed E-state index contributed by atoms with van der Waals surface area (Å²) in [4.78, 5) is 12.5. The number of rotatable bonds is 4. The molecule has 0 spiro atoms. The Kier molecular flexibility index (Phi) is 3.75. The van der Waals surface area contributed by atoms with Gasteiger partial charge in [0.2, 0.25) is 5.88 Å². The molecule has 4 N–H and O–H groups in total. The molecule has 2 atom stereocenters. The molecule has 0 radical (unpaired) electrons. The van der Waals surface area contributed by atoms with Gasteiger partial charge in [-0.3, -0.25) is 0 Å². The zero-order valence-corrected chi connectivity index (χ0v) is 16.5. The summed E-state index contributed by atoms with van der Waals surface area (Å²) >= 11 is 0. The van der Waals surface area contributed by atoms with Gasteiger partial charge in [-0.15, -0.1) is 0 Å². The van der Waals surface area contributed by atoms with Crippen molar-refractivity contribution in [2.75, 3.05) is 11.9 Å². The van der Waals surface area contributed by atoms with Crippen LogP contribution in [0.25, 0.3) is 0 Å². The number of nitrogens with zero attached hydrogens (tertiary/aromatic N) is 2. The first-order chi connectivity index (χ1) is 13.7. The van der Waals surface area contributed by atoms with Crippen molar-refractivity contribution in [1.82, 2.24) is 14.5 Å². The number of benzene rings is 1. The van der Waals surface area contributed by atoms with Crippen molar-refractivity contribution in [2.45, 2.75) is 49.6 Å². The second kappa shape index (κ2) is 5.92. The fourth-order valence-corrected chi connectivity index (χ4v) is 5.07. The number of ether oxygens (including phenoxy) is 1. The molecular formula is C18H20FN5O4S. The van der Waals surface area contributed by atoms with Crippen LogP contribution in [-0.2, 0) is 42.1 Å². The van der Waals surface area contributed by atoms with Crippen LogP contribution in [0.1, 0.15) is 29.2 Å². The Labute approximate surface area is 166 Å². The van der Waals surface area contributed by atoms with Crippen molar-refractivity contribution in [3.05, 3.63) is 34.3 Å². The van der Waals surface area contributed by atoms with E-state index in [1.807, 2.05) is 0 Å². The lowest BCUT2D eigenvalue weighted by molar-refractivity contribution is 0.0399. The average molecular weight is 421 g/mol. The smallest absolute Gasteiger partial charge is 0.331 e. The number of halogens is 1. The third-order valence-electron chi connectivity index (χ3n) is 5.82. The molecule has 9 nitrogen and oxygen atoms in total. The summed E-state index contributed by atoms with van der Waals surface area (Å²) in [5.74, 6) is -0.0703. The van der Waals surface area contributed by atoms with Gasteiger partial charge in [0.15, 0.2) is 15.5 Å². The minimum Gasteiger partial charge on any atom is -0.466 e. The fourth-order valence-electron chi connectivity index (χ4n) is 4.06. The van der Waals surface area contributed by atoms with E-state index in [0.29, 0.717) is 42.5 Å². The lowest BCUT2D eigenvalue weighted by atomic mass is 9.76. The predicted octanol–water partition coefficient (Wildman–Crippen LogP) is 1.51. The lowest BCUT2D eigenvalue weighted by Gasteiger charge is -2.33. The van der Waals surface area contributed by atoms with Crippen LogP contribution in [0.15, 0.2) is 11.1 Å². The van der Waals surface area contributed by atoms with Crippen LogP contribution in [0.2, 0.25) is 0 Å². The van der Waals surface area contributed by atoms with Crippen LogP contribution >= 0.6 is 0 Å². The van der Waals surface area contributed by atoms with Gasteiger partial charge in [-0.05, 0) is 54.9 Å². The van der Waals surface area contributed by atoms with Crippen molar-refractivity contribution < 1.29 is 23.2 Å². The molecule has 0 fully saturated rings. The summed E-state index contributed by atoms with van der Waals surface area (Å²) in [7, 11) is -3.76. The standard InChI is InChI=1S/C18H20FN5O4S/c1-18(8-25)7-24-16(28-18)13(6-21-24)29(20,27)23-17(26)22-15-11-4-2-9(11)14(19)10-3-5-12(10)15/h6,25H,2-5,7-8H2,1H3,(H3,20,22,23,26,27). The van der Waals surface area contributed by atoms with Gasteiger partial charge in [0, 0.05) is 5.69 Å². The molecule has 0 saturated carbocycles. The Bertz CT molecular complexity index is 1140. The number of urea groups is 1. The van der Waals surface area contributed by atoms with Crippen LogP contribution in [0.3, 0.4) is 0 Å². The van der Waals surface area contributed by atoms with Gasteiger partial charge in [-0.1, -0.05) is 0 Å². The van der Waals surface area contributed by atoms with Gasteiger partial charge in [0.25, 0.3) is 0 Å². The Morgan fingerprint density at radius 1 is 1.34 bits per heavy atom. The largest absolute Gasteiger partial charge is 0.466 e. The Morgan fingerprint density at radius 2 is 1.97 bits per heavy atom. The van der Waals surface area contributed by atoms with Gasteiger partial charge in [-0.2, -0.15) is 5.10 Å². The summed E-state index contributed by atoms with van der Waals surface area (Å²) in [6, 6.07) is -0.803. The third-order valence-corrected chi connectivity index (χ3v) is 7.19. The number of carbonyl (C=O) groups is 1. The van der Waals surface area contributed by atoms with E-state index in [1.165, 1.54) is 10.9 Å². The van der Waals surface area contributed by atoms with E-state index >= 15 is 0 Å². The molecular weight excluding hydrogens is 401 g/mol. The van der Waals surface area contributed by atoms with Gasteiger partial charge in [0.1, 0.15) is 10.7 Å². The van der Waals surface area contributed by atoms with Crippen LogP contribution in [0.4, 0.5) is 14.9 Å². The lowest BCUT2D eigenvalue weighted by Crippen LogP contribution is -2.37. The fraction of sp³-hybridized carbons (Fsp3) is 0.444. The first-order valence-corrected chi connectivity index (χ1v) is 10.9. The highest BCUT2D eigenvalue weighted by Crippen LogP contribution is 2.43. The highest BCUT2D eigenvalue weighted by molar-refractivity contribution is 7.91. The zero-order valence-electron chi connectivity index (χ0n) is 15.7. The van der Waals surface area contributed by atoms with E-state index < -0.39 is 21.5 Å². The minimum absolute atomic E-state index is 0.0649. The van der Waals surface area contributed by atoms with Crippen molar-refractivity contribution in [2.24, 2.45) is 0 Å². The van der Waals surface area contributed by atoms with Crippen LogP contribution < -0.4 is 14.8 Å². The molecule has 2 heterocycles. The van der Waals surface area contributed by atoms with E-state index in [9.17, 15) is 18.5 Å². The number of aromatic nitrogens is 2. The molecule has 0 bridgehead atoms. The maximum absolute atomic E-state index is 14.3. The maximum Gasteiger partial charge on any atom is 0.331 e. The third kappa shape index (κ3) is 2.64. The quantitative estimate of drug-likeness (QED) is 0.595. The monoisotopic (exact) mass is 421 g/mol. The summed E-state index contributed by atoms with van der Waals surface area (Å²) < 4.78 is 44.7. The SMILES string of the molecule is CC1(CO)Cn2ncc(S(=N)(=O)NC(=O)Nc3c4c(c(F)c5c3CC5)CC4)c2O1. The number of aliphatic hydroxyl groups excluding tert-OH is 1. The van der Waals surface area contributed by atoms with Crippen molar-refractivity contribution in [3.8, 4) is 5.88 Å². The van der Waals surface area contributed by atoms with Gasteiger partial charge >= 0.3 is 6.03 Å². The van der Waals surface area contributed by atoms with E-state index in [1.54, 1.807) is 6.92 Å². The molecule has 5 rings (SSSR count). The minimum atomic E-state index is -3.76. The van der Waals surface area contributed by atoms with E-state index in [4.69, 9.17) is 9.52 Å². The molecule has 2 aliphatic carbocycles. The van der Waals surface area contributed by atoms with Crippen LogP contribution in [0, 0.1) is 10.6 Å². The topological polar surface area (TPSA) is 129 Å². The second-order valence-corrected chi connectivity index (χ2v) is 9.65. The Hall–Kier alpha value is -2.66. The molecule has 2 aromatic rings. The summed E-state index contributed by atoms with van der Waals surface area (Å²) in [5, 5.41) is 16.2. The highest BCUT2D eigenvalue weighted by Gasteiger charge is 2.39. The van der Waals surface area contributed by atoms with Crippen molar-refractivity contribution in [1.29, 1.82) is 4.78 Å². The molecule has 2 amide bonds. The van der Waals surface area contributed by atoms with Gasteiger partial charge in [0.05, 0.1) is 19.3 Å². The number of hydrogen-bond donors (Lipinski definition) is 4. The average Bonchev–Trinajstić information content (AvgIpc) is 3.07. The molecule has 2 unspecified atom stereocenters. The summed E-state index contributed by atoms with van der Waals surface area (Å²) in [6.45, 7) is 1.64. The number of nitrogens with one attached hydrogen (secondary N) is 3. The summed E-state index contributed by atoms with van der Waals surface area (Å²) in [5.41, 5.74) is 2.48. The molecule has 11 heteroatoms. The van der Waals surface area contributed by atoms with Crippen LogP contribution in [-0.4, -0.2) is 37.3 Å². The van der Waals surface area contributed by atoms with Crippen LogP contribution in [0.5, 0.6) is 5.88 Å². The zero-order chi connectivity index (χ0) is 20.6. The molecule has 29 heavy (non-hydrogen) atoms. The van der Waals surface area contributed by atoms with E-state index in [2.05, 4.69) is 15.1 Å². The van der Waals surface area contributed by atoms with E-state index in [0.717, 1.165) is 11.1 Å². The normalized spacial score (nSPS) is 22.9. The molecule has 1 aromatic heterocycles. The van der Waals surface area contributed by atoms with Gasteiger partial charge < -0.3 is 15.2 Å². The molecule has 1 aromatic carbocycles.